The van der Waals surface area contributed by atoms with Gasteiger partial charge in [0.05, 0.1) is 72.7 Å². The molecule has 0 radical (unpaired) electrons. The number of ether oxygens (including phenoxy) is 22. The molecule has 0 spiro atoms. The highest BCUT2D eigenvalue weighted by Gasteiger charge is 2.63. The molecule has 0 aromatic carbocycles. The molecular weight excluding hydrogens is 1670 g/mol. The van der Waals surface area contributed by atoms with Gasteiger partial charge in [-0.05, 0) is 0 Å². The second-order valence-electron chi connectivity index (χ2n) is 30.9. The first-order chi connectivity index (χ1) is 57.6. The van der Waals surface area contributed by atoms with Crippen LogP contribution in [0.5, 0.6) is 0 Å². The van der Waals surface area contributed by atoms with Crippen LogP contribution in [0.4, 0.5) is 0 Å². The number of rotatable bonds is 21. The smallest absolute Gasteiger partial charge is 0.187 e. The Morgan fingerprint density at radius 3 is 0.554 bits per heavy atom. The zero-order valence-corrected chi connectivity index (χ0v) is 63.3. The van der Waals surface area contributed by atoms with Crippen LogP contribution >= 0.6 is 0 Å². The van der Waals surface area contributed by atoms with E-state index in [1.165, 1.54) is 0 Å². The van der Waals surface area contributed by atoms with Crippen LogP contribution in [-0.4, -0.2) is 579 Å². The Bertz CT molecular complexity index is 3120. The van der Waals surface area contributed by atoms with Crippen LogP contribution in [0.3, 0.4) is 0 Å². The SMILES string of the molecule is OC[C@H]1O[C@H](O[C@H]2[C@H](O)[C@@H](O)[C@@H](O[C@H]3[C@H](O)[C@@H](O)[C@@H](O[C@H]4[C@H](O)[C@@H](O)[C@@H](O[C@H]5[C@H](O)[C@@H](O)[C@@H](OC[C@H]6O[C@@H]7O[C@H]8[C@H](O)[C@@H](O)[C@@H](O[C@H]9[C@H](O)[C@@H](O)[C@@H](O[C@H]%10[C@H](O)[C@@H](O)[C@@H](O[C@H]%11[C@H](O)[C@@H](O)[C@@H](O[C@H]%12[C@H](O)[C@@H](O)[C@@H](O[C@H]6[C@H](O)[C@H]7O)O[C@@H]%12CO)O[C@@H]%11CO)O[C@@H]%10CO)O[C@@H]9CO)O[C@@H]8CO)O[C@@H]5CO)O[C@@H]4CO)O[C@@H]3CO)O[C@@H]2CO)[C@H](O)[C@@H](O)[C@@H]1O. The molecule has 55 atom stereocenters. The minimum absolute atomic E-state index is 0.883. The van der Waals surface area contributed by atoms with Crippen molar-refractivity contribution in [3.05, 3.63) is 0 Å². The second kappa shape index (κ2) is 41.9. The van der Waals surface area contributed by atoms with Gasteiger partial charge in [0, 0.05) is 0 Å². The summed E-state index contributed by atoms with van der Waals surface area (Å²) in [7, 11) is 0. The molecule has 27 heterocycles. The summed E-state index contributed by atoms with van der Waals surface area (Å²) in [4.78, 5) is 0. The summed E-state index contributed by atoms with van der Waals surface area (Å²) in [5.74, 6) is 0. The Hall–Kier alpha value is -2.20. The lowest BCUT2D eigenvalue weighted by Gasteiger charge is -2.51. The first-order valence-electron chi connectivity index (χ1n) is 38.7. The van der Waals surface area contributed by atoms with Crippen molar-refractivity contribution in [1.29, 1.82) is 0 Å². The highest BCUT2D eigenvalue weighted by molar-refractivity contribution is 5.05. The van der Waals surface area contributed by atoms with Gasteiger partial charge >= 0.3 is 0 Å². The van der Waals surface area contributed by atoms with Crippen molar-refractivity contribution < 1.29 is 273 Å². The molecule has 33 N–H and O–H groups in total. The standard InChI is InChI=1S/C66H110O55/c67-1-12-23(77)24(78)35(89)57(101-12)112-47-14(3-69)103-59(37(91)26(47)80)114-49-16(5-71)105-60(39(93)28(49)82)115-48-15(4-70)104-58(38(92)27(48)81)113-46-13(2-68)102-56(36(90)25(46)79)100-11-22-55-34(88)45(99)66(111-22)120-54-21(10-76)109-64(43(97)32(54)86)118-52-19(8-74)107-62(41(95)30(52)84)116-50-17(6-72)106-61(40(94)29(50)83)117-51-18(7-73)108-63(42(96)31(51)85)119-53-20(9-75)110-65(121-55)44(98)33(53)87/h12-99H,1-11H2/t12-,13-,14-,15-,16-,17-,18-,19-,20-,21-,22-,23-,24+,25-,26-,27-,28-,29-,30-,31-,32-,33-,34-,35-,36-,37-,38-,39-,40-,41-,42-,43-,44-,45-,46-,47-,48-,49-,50-,51-,52-,53-,54-,55-,56+,57-,58-,59-,60-,61-,62-,63-,64-,65-,66-/m1/s1. The van der Waals surface area contributed by atoms with Gasteiger partial charge in [-0.3, -0.25) is 0 Å². The molecule has 55 heteroatoms. The summed E-state index contributed by atoms with van der Waals surface area (Å²) < 4.78 is 126. The van der Waals surface area contributed by atoms with Crippen LogP contribution in [0.15, 0.2) is 0 Å². The summed E-state index contributed by atoms with van der Waals surface area (Å²) in [5, 5.41) is 367. The molecule has 12 bridgehead atoms. The van der Waals surface area contributed by atoms with Gasteiger partial charge < -0.3 is 273 Å². The predicted octanol–water partition coefficient (Wildman–Crippen LogP) is -23.9. The summed E-state index contributed by atoms with van der Waals surface area (Å²) in [6.45, 7) is -12.3. The molecule has 27 fully saturated rings. The van der Waals surface area contributed by atoms with E-state index in [1.807, 2.05) is 0 Å². The second-order valence-corrected chi connectivity index (χ2v) is 30.9. The number of aliphatic hydroxyl groups is 33. The summed E-state index contributed by atoms with van der Waals surface area (Å²) in [5.41, 5.74) is 0. The zero-order valence-electron chi connectivity index (χ0n) is 63.3. The van der Waals surface area contributed by atoms with Gasteiger partial charge in [-0.2, -0.15) is 0 Å². The molecule has 27 aliphatic rings. The van der Waals surface area contributed by atoms with E-state index in [-0.39, 0.29) is 0 Å². The van der Waals surface area contributed by atoms with Gasteiger partial charge in [0.1, 0.15) is 269 Å². The maximum absolute atomic E-state index is 12.1. The Balaban J connectivity index is 0.732. The molecule has 27 aliphatic heterocycles. The molecule has 0 aromatic heterocycles. The van der Waals surface area contributed by atoms with Gasteiger partial charge in [-0.1, -0.05) is 0 Å². The quantitative estimate of drug-likeness (QED) is 0.0507. The molecule has 0 saturated carbocycles. The van der Waals surface area contributed by atoms with E-state index in [0.29, 0.717) is 0 Å². The fourth-order valence-corrected chi connectivity index (χ4v) is 16.3. The van der Waals surface area contributed by atoms with Crippen LogP contribution in [0.25, 0.3) is 0 Å². The Labute approximate surface area is 681 Å². The van der Waals surface area contributed by atoms with Gasteiger partial charge in [0.2, 0.25) is 0 Å². The molecule has 0 aliphatic carbocycles. The molecule has 0 unspecified atom stereocenters. The average molecular weight is 1780 g/mol. The third-order valence-corrected chi connectivity index (χ3v) is 23.2. The van der Waals surface area contributed by atoms with Crippen LogP contribution < -0.4 is 0 Å². The van der Waals surface area contributed by atoms with E-state index >= 15 is 0 Å². The van der Waals surface area contributed by atoms with Crippen molar-refractivity contribution in [2.75, 3.05) is 72.7 Å². The Kier molecular flexibility index (Phi) is 33.9. The monoisotopic (exact) mass is 1780 g/mol. The van der Waals surface area contributed by atoms with Crippen molar-refractivity contribution in [3.8, 4) is 0 Å². The van der Waals surface area contributed by atoms with Gasteiger partial charge in [0.25, 0.3) is 0 Å². The van der Waals surface area contributed by atoms with Gasteiger partial charge in [0.15, 0.2) is 69.2 Å². The molecule has 0 aromatic rings. The van der Waals surface area contributed by atoms with E-state index in [1.54, 1.807) is 0 Å². The molecule has 0 amide bonds. The maximum atomic E-state index is 12.1. The third kappa shape index (κ3) is 19.8. The topological polar surface area (TPSA) is 871 Å². The number of hydrogen-bond donors (Lipinski definition) is 33. The summed E-state index contributed by atoms with van der Waals surface area (Å²) >= 11 is 0. The predicted molar refractivity (Wildman–Crippen MR) is 359 cm³/mol. The van der Waals surface area contributed by atoms with Crippen LogP contribution in [0, 0.1) is 0 Å². The van der Waals surface area contributed by atoms with Crippen molar-refractivity contribution >= 4 is 0 Å². The lowest BCUT2D eigenvalue weighted by atomic mass is 9.94. The zero-order chi connectivity index (χ0) is 88.1. The lowest BCUT2D eigenvalue weighted by Crippen LogP contribution is -2.69. The van der Waals surface area contributed by atoms with Crippen molar-refractivity contribution in [1.82, 2.24) is 0 Å². The lowest BCUT2D eigenvalue weighted by molar-refractivity contribution is -0.406. The minimum Gasteiger partial charge on any atom is -0.394 e. The van der Waals surface area contributed by atoms with Gasteiger partial charge in [-0.15, -0.1) is 0 Å². The van der Waals surface area contributed by atoms with E-state index in [2.05, 4.69) is 0 Å². The maximum Gasteiger partial charge on any atom is 0.187 e. The van der Waals surface area contributed by atoms with Crippen molar-refractivity contribution in [2.24, 2.45) is 0 Å². The highest BCUT2D eigenvalue weighted by atomic mass is 16.8. The first kappa shape index (κ1) is 97.8. The van der Waals surface area contributed by atoms with Crippen LogP contribution in [0.1, 0.15) is 0 Å². The molecule has 704 valence electrons. The fraction of sp³-hybridized carbons (Fsp3) is 1.00. The van der Waals surface area contributed by atoms with Crippen molar-refractivity contribution in [3.63, 3.8) is 0 Å². The van der Waals surface area contributed by atoms with Crippen LogP contribution in [-0.2, 0) is 104 Å². The Morgan fingerprint density at radius 2 is 0.331 bits per heavy atom. The third-order valence-electron chi connectivity index (χ3n) is 23.2. The Morgan fingerprint density at radius 1 is 0.149 bits per heavy atom. The van der Waals surface area contributed by atoms with E-state index in [4.69, 9.17) is 104 Å². The highest BCUT2D eigenvalue weighted by Crippen LogP contribution is 2.42. The first-order valence-corrected chi connectivity index (χ1v) is 38.7. The molecular formula is C66H110O55. The van der Waals surface area contributed by atoms with E-state index < -0.39 is 410 Å². The summed E-state index contributed by atoms with van der Waals surface area (Å²) in [6, 6.07) is 0. The van der Waals surface area contributed by atoms with Crippen molar-refractivity contribution in [2.45, 2.75) is 338 Å². The van der Waals surface area contributed by atoms with Gasteiger partial charge in [-0.25, -0.2) is 0 Å². The molecule has 27 rings (SSSR count). The largest absolute Gasteiger partial charge is 0.394 e. The normalized spacial score (nSPS) is 54.9. The molecule has 121 heavy (non-hydrogen) atoms. The average Bonchev–Trinajstić information content (AvgIpc) is 0.754. The fourth-order valence-electron chi connectivity index (χ4n) is 16.3. The number of aliphatic hydroxyl groups excluding tert-OH is 33. The molecule has 55 nitrogen and oxygen atoms in total. The van der Waals surface area contributed by atoms with E-state index in [9.17, 15) is 169 Å². The minimum atomic E-state index is -2.46. The van der Waals surface area contributed by atoms with E-state index in [0.717, 1.165) is 0 Å². The molecule has 27 saturated heterocycles. The summed E-state index contributed by atoms with van der Waals surface area (Å²) in [6.07, 6.45) is -116. The van der Waals surface area contributed by atoms with Crippen LogP contribution in [0.2, 0.25) is 0 Å². The number of hydrogen-bond acceptors (Lipinski definition) is 55.